The predicted octanol–water partition coefficient (Wildman–Crippen LogP) is 2.83. The van der Waals surface area contributed by atoms with E-state index < -0.39 is 0 Å². The van der Waals surface area contributed by atoms with Crippen molar-refractivity contribution in [3.8, 4) is 0 Å². The van der Waals surface area contributed by atoms with Gasteiger partial charge in [-0.3, -0.25) is 9.69 Å². The van der Waals surface area contributed by atoms with Crippen molar-refractivity contribution in [2.45, 2.75) is 6.42 Å². The molecule has 164 valence electrons. The molecule has 3 rings (SSSR count). The topological polar surface area (TPSA) is 89.6 Å². The molecule has 2 aromatic rings. The van der Waals surface area contributed by atoms with Crippen molar-refractivity contribution in [2.75, 3.05) is 55.3 Å². The first-order valence-electron chi connectivity index (χ1n) is 9.41. The summed E-state index contributed by atoms with van der Waals surface area (Å²) in [6.45, 7) is 4.41. The van der Waals surface area contributed by atoms with Crippen LogP contribution in [0.25, 0.3) is 0 Å². The van der Waals surface area contributed by atoms with E-state index in [1.165, 1.54) is 0 Å². The summed E-state index contributed by atoms with van der Waals surface area (Å²) in [4.78, 5) is 32.5. The average Bonchev–Trinajstić information content (AvgIpc) is 2.74. The maximum absolute atomic E-state index is 12.2. The number of urea groups is 1. The number of nitrogens with zero attached hydrogens (tertiary/aromatic N) is 3. The van der Waals surface area contributed by atoms with Gasteiger partial charge in [-0.25, -0.2) is 9.78 Å². The SMILES string of the molecule is CNC(=O)Nc1ccc(NC(=O)CCN2CCN(c3ccccn3)CC2)cc1.Cl.Cl. The second kappa shape index (κ2) is 12.9. The van der Waals surface area contributed by atoms with E-state index in [2.05, 4.69) is 30.7 Å². The molecular formula is C20H28Cl2N6O2. The van der Waals surface area contributed by atoms with Crippen LogP contribution in [0.2, 0.25) is 0 Å². The van der Waals surface area contributed by atoms with Gasteiger partial charge in [-0.05, 0) is 36.4 Å². The Kier molecular flexibility index (Phi) is 11.0. The third-order valence-corrected chi connectivity index (χ3v) is 4.65. The number of pyridine rings is 1. The van der Waals surface area contributed by atoms with Crippen LogP contribution < -0.4 is 20.9 Å². The molecule has 1 saturated heterocycles. The molecule has 3 N–H and O–H groups in total. The molecule has 0 radical (unpaired) electrons. The highest BCUT2D eigenvalue weighted by atomic mass is 35.5. The highest BCUT2D eigenvalue weighted by molar-refractivity contribution is 5.92. The lowest BCUT2D eigenvalue weighted by Gasteiger charge is -2.35. The Balaban J connectivity index is 0.00000225. The summed E-state index contributed by atoms with van der Waals surface area (Å²) in [5.74, 6) is 0.994. The molecule has 1 aromatic heterocycles. The standard InChI is InChI=1S/C20H26N6O2.2ClH/c1-21-20(28)24-17-7-5-16(6-8-17)23-19(27)9-11-25-12-14-26(15-13-25)18-4-2-3-10-22-18;;/h2-8,10H,9,11-15H2,1H3,(H,23,27)(H2,21,24,28);2*1H. The number of piperazine rings is 1. The Morgan fingerprint density at radius 1 is 0.933 bits per heavy atom. The zero-order valence-corrected chi connectivity index (χ0v) is 18.5. The van der Waals surface area contributed by atoms with Gasteiger partial charge in [0.25, 0.3) is 0 Å². The number of halogens is 2. The second-order valence-corrected chi connectivity index (χ2v) is 6.60. The van der Waals surface area contributed by atoms with Gasteiger partial charge in [0.2, 0.25) is 5.91 Å². The molecule has 10 heteroatoms. The van der Waals surface area contributed by atoms with Crippen molar-refractivity contribution in [3.63, 3.8) is 0 Å². The number of carbonyl (C=O) groups excluding carboxylic acids is 2. The minimum atomic E-state index is -0.278. The number of amides is 3. The van der Waals surface area contributed by atoms with Crippen LogP contribution in [0.15, 0.2) is 48.7 Å². The van der Waals surface area contributed by atoms with E-state index in [1.54, 1.807) is 31.3 Å². The highest BCUT2D eigenvalue weighted by Gasteiger charge is 2.18. The molecule has 3 amide bonds. The number of anilines is 3. The van der Waals surface area contributed by atoms with Gasteiger partial charge in [0.1, 0.15) is 5.82 Å². The molecule has 8 nitrogen and oxygen atoms in total. The molecule has 1 aromatic carbocycles. The van der Waals surface area contributed by atoms with Gasteiger partial charge in [0, 0.05) is 63.8 Å². The van der Waals surface area contributed by atoms with E-state index in [0.717, 1.165) is 38.5 Å². The van der Waals surface area contributed by atoms with Crippen LogP contribution in [0, 0.1) is 0 Å². The number of hydrogen-bond acceptors (Lipinski definition) is 5. The summed E-state index contributed by atoms with van der Waals surface area (Å²) < 4.78 is 0. The number of nitrogens with one attached hydrogen (secondary N) is 3. The summed E-state index contributed by atoms with van der Waals surface area (Å²) in [5.41, 5.74) is 1.38. The van der Waals surface area contributed by atoms with Crippen LogP contribution in [0.3, 0.4) is 0 Å². The van der Waals surface area contributed by atoms with Crippen molar-refractivity contribution >= 4 is 53.9 Å². The number of hydrogen-bond donors (Lipinski definition) is 3. The van der Waals surface area contributed by atoms with E-state index in [9.17, 15) is 9.59 Å². The Morgan fingerprint density at radius 3 is 2.13 bits per heavy atom. The van der Waals surface area contributed by atoms with E-state index >= 15 is 0 Å². The van der Waals surface area contributed by atoms with E-state index in [0.29, 0.717) is 17.8 Å². The fourth-order valence-corrected chi connectivity index (χ4v) is 3.06. The van der Waals surface area contributed by atoms with Crippen LogP contribution in [0.4, 0.5) is 22.0 Å². The summed E-state index contributed by atoms with van der Waals surface area (Å²) in [6, 6.07) is 12.7. The van der Waals surface area contributed by atoms with Gasteiger partial charge in [-0.1, -0.05) is 6.07 Å². The predicted molar refractivity (Wildman–Crippen MR) is 125 cm³/mol. The van der Waals surface area contributed by atoms with Crippen LogP contribution in [0.5, 0.6) is 0 Å². The second-order valence-electron chi connectivity index (χ2n) is 6.60. The molecule has 1 aliphatic rings. The van der Waals surface area contributed by atoms with Gasteiger partial charge < -0.3 is 20.9 Å². The summed E-state index contributed by atoms with van der Waals surface area (Å²) in [5, 5.41) is 8.06. The highest BCUT2D eigenvalue weighted by Crippen LogP contribution is 2.15. The molecule has 0 saturated carbocycles. The number of benzene rings is 1. The van der Waals surface area contributed by atoms with Crippen molar-refractivity contribution in [2.24, 2.45) is 0 Å². The monoisotopic (exact) mass is 454 g/mol. The fourth-order valence-electron chi connectivity index (χ4n) is 3.06. The first-order chi connectivity index (χ1) is 13.6. The van der Waals surface area contributed by atoms with Crippen molar-refractivity contribution in [1.29, 1.82) is 0 Å². The average molecular weight is 455 g/mol. The fraction of sp³-hybridized carbons (Fsp3) is 0.350. The van der Waals surface area contributed by atoms with Crippen LogP contribution in [-0.2, 0) is 4.79 Å². The number of rotatable bonds is 6. The van der Waals surface area contributed by atoms with Crippen molar-refractivity contribution < 1.29 is 9.59 Å². The summed E-state index contributed by atoms with van der Waals surface area (Å²) >= 11 is 0. The van der Waals surface area contributed by atoms with Gasteiger partial charge in [-0.15, -0.1) is 24.8 Å². The number of carbonyl (C=O) groups is 2. The smallest absolute Gasteiger partial charge is 0.318 e. The third-order valence-electron chi connectivity index (χ3n) is 4.65. The first-order valence-corrected chi connectivity index (χ1v) is 9.41. The molecule has 0 bridgehead atoms. The molecule has 0 spiro atoms. The lowest BCUT2D eigenvalue weighted by molar-refractivity contribution is -0.116. The zero-order valence-electron chi connectivity index (χ0n) is 16.8. The normalized spacial score (nSPS) is 13.4. The maximum Gasteiger partial charge on any atom is 0.318 e. The van der Waals surface area contributed by atoms with Crippen molar-refractivity contribution in [1.82, 2.24) is 15.2 Å². The van der Waals surface area contributed by atoms with Gasteiger partial charge in [0.15, 0.2) is 0 Å². The minimum absolute atomic E-state index is 0. The molecular weight excluding hydrogens is 427 g/mol. The quantitative estimate of drug-likeness (QED) is 0.624. The molecule has 0 unspecified atom stereocenters. The third kappa shape index (κ3) is 7.70. The molecule has 2 heterocycles. The maximum atomic E-state index is 12.2. The Hall–Kier alpha value is -2.55. The largest absolute Gasteiger partial charge is 0.354 e. The van der Waals surface area contributed by atoms with Crippen LogP contribution in [0.1, 0.15) is 6.42 Å². The lowest BCUT2D eigenvalue weighted by Crippen LogP contribution is -2.47. The Morgan fingerprint density at radius 2 is 1.57 bits per heavy atom. The van der Waals surface area contributed by atoms with E-state index in [-0.39, 0.29) is 36.8 Å². The minimum Gasteiger partial charge on any atom is -0.354 e. The molecule has 0 aliphatic carbocycles. The van der Waals surface area contributed by atoms with Crippen LogP contribution >= 0.6 is 24.8 Å². The van der Waals surface area contributed by atoms with Gasteiger partial charge in [-0.2, -0.15) is 0 Å². The Labute approximate surface area is 189 Å². The van der Waals surface area contributed by atoms with Gasteiger partial charge in [0.05, 0.1) is 0 Å². The van der Waals surface area contributed by atoms with Gasteiger partial charge >= 0.3 is 6.03 Å². The lowest BCUT2D eigenvalue weighted by atomic mass is 10.2. The molecule has 1 fully saturated rings. The molecule has 1 aliphatic heterocycles. The Bertz CT molecular complexity index is 784. The number of aromatic nitrogens is 1. The molecule has 30 heavy (non-hydrogen) atoms. The molecule has 0 atom stereocenters. The summed E-state index contributed by atoms with van der Waals surface area (Å²) in [6.07, 6.45) is 2.26. The van der Waals surface area contributed by atoms with Crippen LogP contribution in [-0.4, -0.2) is 61.6 Å². The first kappa shape index (κ1) is 25.5. The van der Waals surface area contributed by atoms with E-state index in [4.69, 9.17) is 0 Å². The van der Waals surface area contributed by atoms with E-state index in [1.807, 2.05) is 24.4 Å². The summed E-state index contributed by atoms with van der Waals surface area (Å²) in [7, 11) is 1.56. The van der Waals surface area contributed by atoms with Crippen molar-refractivity contribution in [3.05, 3.63) is 48.7 Å². The zero-order chi connectivity index (χ0) is 19.8.